The van der Waals surface area contributed by atoms with Crippen molar-refractivity contribution in [3.8, 4) is 22.5 Å². The normalized spacial score (nSPS) is 14.2. The van der Waals surface area contributed by atoms with Crippen molar-refractivity contribution < 1.29 is 9.13 Å². The standard InChI is InChI=1S/C36H35N3/c1-37(2)32-17-16-30-23-26(12-13-31(30)25-32)10-11-27-18-22-39-21-6-8-29-15-14-28-7-5-20-38-19-4-3-9-33(38)35(28)36(29)34(39)24-27/h3-4,9-19,22-25H,5-8,20-21H2,1-2H3/q+2. The number of pyridine rings is 2. The van der Waals surface area contributed by atoms with Crippen molar-refractivity contribution in [2.75, 3.05) is 19.0 Å². The minimum absolute atomic E-state index is 1.05. The Morgan fingerprint density at radius 3 is 2.05 bits per heavy atom. The summed E-state index contributed by atoms with van der Waals surface area (Å²) in [6, 6.07) is 29.5. The lowest BCUT2D eigenvalue weighted by Gasteiger charge is -2.13. The number of fused-ring (bicyclic) bond motifs is 8. The van der Waals surface area contributed by atoms with Crippen LogP contribution in [0.25, 0.3) is 45.4 Å². The van der Waals surface area contributed by atoms with Crippen LogP contribution in [0.15, 0.2) is 91.3 Å². The molecule has 3 aromatic carbocycles. The maximum absolute atomic E-state index is 2.47. The van der Waals surface area contributed by atoms with Gasteiger partial charge < -0.3 is 4.90 Å². The molecule has 4 heterocycles. The van der Waals surface area contributed by atoms with E-state index in [9.17, 15) is 0 Å². The first-order valence-corrected chi connectivity index (χ1v) is 14.2. The van der Waals surface area contributed by atoms with Gasteiger partial charge in [-0.2, -0.15) is 9.13 Å². The lowest BCUT2D eigenvalue weighted by molar-refractivity contribution is -0.687. The molecular formula is C36H35N3+2. The molecule has 7 rings (SSSR count). The molecule has 0 bridgehead atoms. The van der Waals surface area contributed by atoms with E-state index in [2.05, 4.69) is 132 Å². The minimum atomic E-state index is 1.05. The molecule has 192 valence electrons. The van der Waals surface area contributed by atoms with Gasteiger partial charge in [-0.15, -0.1) is 0 Å². The molecule has 2 aromatic heterocycles. The zero-order valence-corrected chi connectivity index (χ0v) is 22.9. The Morgan fingerprint density at radius 2 is 1.28 bits per heavy atom. The summed E-state index contributed by atoms with van der Waals surface area (Å²) in [7, 11) is 4.18. The summed E-state index contributed by atoms with van der Waals surface area (Å²) >= 11 is 0. The highest BCUT2D eigenvalue weighted by atomic mass is 15.1. The number of rotatable bonds is 3. The van der Waals surface area contributed by atoms with Crippen LogP contribution in [0.2, 0.25) is 0 Å². The zero-order chi connectivity index (χ0) is 26.3. The van der Waals surface area contributed by atoms with Gasteiger partial charge in [-0.3, -0.25) is 0 Å². The second kappa shape index (κ2) is 9.81. The number of hydrogen-bond acceptors (Lipinski definition) is 1. The highest BCUT2D eigenvalue weighted by Crippen LogP contribution is 2.39. The number of benzene rings is 3. The Balaban J connectivity index is 1.31. The molecule has 5 aromatic rings. The van der Waals surface area contributed by atoms with Crippen LogP contribution < -0.4 is 14.0 Å². The molecular weight excluding hydrogens is 474 g/mol. The van der Waals surface area contributed by atoms with Gasteiger partial charge in [-0.25, -0.2) is 0 Å². The summed E-state index contributed by atoms with van der Waals surface area (Å²) in [5.74, 6) is 0. The van der Waals surface area contributed by atoms with Crippen LogP contribution in [0.5, 0.6) is 0 Å². The Hall–Kier alpha value is -4.24. The predicted octanol–water partition coefficient (Wildman–Crippen LogP) is 6.88. The van der Waals surface area contributed by atoms with Gasteiger partial charge in [0.2, 0.25) is 11.4 Å². The molecule has 2 aliphatic heterocycles. The van der Waals surface area contributed by atoms with Crippen molar-refractivity contribution >= 4 is 28.6 Å². The van der Waals surface area contributed by atoms with Gasteiger partial charge in [0.15, 0.2) is 12.4 Å². The molecule has 0 unspecified atom stereocenters. The molecule has 0 amide bonds. The molecule has 0 saturated carbocycles. The molecule has 2 aliphatic rings. The van der Waals surface area contributed by atoms with Crippen molar-refractivity contribution in [1.29, 1.82) is 0 Å². The van der Waals surface area contributed by atoms with Crippen LogP contribution in [0.4, 0.5) is 5.69 Å². The van der Waals surface area contributed by atoms with Gasteiger partial charge in [0.25, 0.3) is 0 Å². The third kappa shape index (κ3) is 4.42. The predicted molar refractivity (Wildman–Crippen MR) is 162 cm³/mol. The van der Waals surface area contributed by atoms with Crippen LogP contribution >= 0.6 is 0 Å². The highest BCUT2D eigenvalue weighted by molar-refractivity contribution is 5.89. The summed E-state index contributed by atoms with van der Waals surface area (Å²) < 4.78 is 4.92. The molecule has 39 heavy (non-hydrogen) atoms. The first kappa shape index (κ1) is 23.8. The van der Waals surface area contributed by atoms with Gasteiger partial charge in [0.05, 0.1) is 11.1 Å². The molecule has 3 nitrogen and oxygen atoms in total. The van der Waals surface area contributed by atoms with Gasteiger partial charge in [0.1, 0.15) is 13.1 Å². The monoisotopic (exact) mass is 509 g/mol. The largest absolute Gasteiger partial charge is 0.378 e. The summed E-state index contributed by atoms with van der Waals surface area (Å²) in [4.78, 5) is 2.15. The summed E-state index contributed by atoms with van der Waals surface area (Å²) in [5, 5.41) is 2.54. The lowest BCUT2D eigenvalue weighted by atomic mass is 9.88. The van der Waals surface area contributed by atoms with Crippen molar-refractivity contribution in [2.24, 2.45) is 0 Å². The number of anilines is 1. The van der Waals surface area contributed by atoms with E-state index >= 15 is 0 Å². The molecule has 0 aliphatic carbocycles. The summed E-state index contributed by atoms with van der Waals surface area (Å²) in [6.07, 6.45) is 13.7. The Labute approximate surface area is 231 Å². The van der Waals surface area contributed by atoms with E-state index in [0.717, 1.165) is 25.9 Å². The summed E-state index contributed by atoms with van der Waals surface area (Å²) in [5.41, 5.74) is 12.2. The Kier molecular flexibility index (Phi) is 6.00. The number of aromatic nitrogens is 2. The third-order valence-electron chi connectivity index (χ3n) is 8.41. The number of nitrogens with zero attached hydrogens (tertiary/aromatic N) is 3. The van der Waals surface area contributed by atoms with E-state index in [0.29, 0.717) is 0 Å². The van der Waals surface area contributed by atoms with Crippen LogP contribution in [0, 0.1) is 0 Å². The molecule has 0 N–H and O–H groups in total. The second-order valence-corrected chi connectivity index (χ2v) is 11.2. The van der Waals surface area contributed by atoms with Gasteiger partial charge in [-0.1, -0.05) is 42.5 Å². The van der Waals surface area contributed by atoms with Crippen molar-refractivity contribution in [3.05, 3.63) is 114 Å². The molecule has 0 radical (unpaired) electrons. The third-order valence-corrected chi connectivity index (χ3v) is 8.41. The van der Waals surface area contributed by atoms with E-state index in [1.165, 1.54) is 74.1 Å². The fourth-order valence-electron chi connectivity index (χ4n) is 6.35. The maximum Gasteiger partial charge on any atom is 0.214 e. The van der Waals surface area contributed by atoms with Crippen molar-refractivity contribution in [2.45, 2.75) is 38.8 Å². The summed E-state index contributed by atoms with van der Waals surface area (Å²) in [6.45, 7) is 2.13. The zero-order valence-electron chi connectivity index (χ0n) is 22.9. The Bertz CT molecular complexity index is 1740. The molecule has 0 spiro atoms. The highest BCUT2D eigenvalue weighted by Gasteiger charge is 2.31. The second-order valence-electron chi connectivity index (χ2n) is 11.2. The van der Waals surface area contributed by atoms with Crippen molar-refractivity contribution in [1.82, 2.24) is 0 Å². The van der Waals surface area contributed by atoms with E-state index in [4.69, 9.17) is 0 Å². The van der Waals surface area contributed by atoms with Crippen LogP contribution in [-0.4, -0.2) is 14.1 Å². The van der Waals surface area contributed by atoms with Crippen LogP contribution in [0.3, 0.4) is 0 Å². The van der Waals surface area contributed by atoms with E-state index in [1.807, 2.05) is 0 Å². The van der Waals surface area contributed by atoms with Crippen LogP contribution in [0.1, 0.15) is 35.1 Å². The smallest absolute Gasteiger partial charge is 0.214 e. The average molecular weight is 510 g/mol. The molecule has 0 saturated heterocycles. The fourth-order valence-corrected chi connectivity index (χ4v) is 6.35. The molecule has 0 fully saturated rings. The first-order chi connectivity index (χ1) is 19.1. The SMILES string of the molecule is CN(C)c1ccc2cc(C=Cc3cc[n+]4c(c3)-c3c(ccc5c3-c3cccc[n+]3CCC5)CCC4)ccc2c1. The first-order valence-electron chi connectivity index (χ1n) is 14.2. The Morgan fingerprint density at radius 1 is 0.615 bits per heavy atom. The van der Waals surface area contributed by atoms with Crippen LogP contribution in [-0.2, 0) is 25.9 Å². The average Bonchev–Trinajstić information content (AvgIpc) is 3.27. The van der Waals surface area contributed by atoms with E-state index < -0.39 is 0 Å². The maximum atomic E-state index is 2.47. The number of aryl methyl sites for hydroxylation is 4. The number of hydrogen-bond donors (Lipinski definition) is 0. The van der Waals surface area contributed by atoms with Gasteiger partial charge in [0, 0.05) is 56.9 Å². The lowest BCUT2D eigenvalue weighted by Crippen LogP contribution is -2.36. The van der Waals surface area contributed by atoms with Crippen molar-refractivity contribution in [3.63, 3.8) is 0 Å². The van der Waals surface area contributed by atoms with Gasteiger partial charge in [-0.05, 0) is 70.1 Å². The minimum Gasteiger partial charge on any atom is -0.378 e. The topological polar surface area (TPSA) is 11.0 Å². The molecule has 3 heteroatoms. The van der Waals surface area contributed by atoms with Gasteiger partial charge >= 0.3 is 0 Å². The van der Waals surface area contributed by atoms with E-state index in [-0.39, 0.29) is 0 Å². The fraction of sp³-hybridized carbons (Fsp3) is 0.222. The van der Waals surface area contributed by atoms with E-state index in [1.54, 1.807) is 0 Å². The quantitative estimate of drug-likeness (QED) is 0.241. The molecule has 0 atom stereocenters.